The molecule has 1 aliphatic rings. The highest BCUT2D eigenvalue weighted by Gasteiger charge is 2.16. The maximum absolute atomic E-state index is 11.7. The predicted octanol–water partition coefficient (Wildman–Crippen LogP) is 2.68. The quantitative estimate of drug-likeness (QED) is 0.889. The van der Waals surface area contributed by atoms with Crippen molar-refractivity contribution in [2.75, 3.05) is 11.9 Å². The summed E-state index contributed by atoms with van der Waals surface area (Å²) in [6.07, 6.45) is 4.55. The minimum absolute atomic E-state index is 0.00705. The molecule has 0 radical (unpaired) electrons. The van der Waals surface area contributed by atoms with Crippen LogP contribution in [0.25, 0.3) is 0 Å². The second kappa shape index (κ2) is 6.44. The molecule has 1 amide bonds. The van der Waals surface area contributed by atoms with E-state index < -0.39 is 0 Å². The van der Waals surface area contributed by atoms with Crippen molar-refractivity contribution in [2.45, 2.75) is 31.7 Å². The number of halogens is 1. The van der Waals surface area contributed by atoms with Crippen LogP contribution < -0.4 is 10.6 Å². The highest BCUT2D eigenvalue weighted by Crippen LogP contribution is 2.20. The van der Waals surface area contributed by atoms with Gasteiger partial charge in [-0.1, -0.05) is 24.4 Å². The van der Waals surface area contributed by atoms with E-state index in [1.165, 1.54) is 12.8 Å². The first-order valence-corrected chi connectivity index (χ1v) is 6.79. The molecule has 0 saturated heterocycles. The summed E-state index contributed by atoms with van der Waals surface area (Å²) < 4.78 is 0. The molecule has 0 atom stereocenters. The first kappa shape index (κ1) is 13.7. The Bertz CT molecular complexity index is 504. The van der Waals surface area contributed by atoms with Gasteiger partial charge in [0.15, 0.2) is 0 Å². The highest BCUT2D eigenvalue weighted by molar-refractivity contribution is 6.32. The van der Waals surface area contributed by atoms with Gasteiger partial charge in [0.1, 0.15) is 6.07 Å². The lowest BCUT2D eigenvalue weighted by Crippen LogP contribution is -2.36. The number of carbonyl (C=O) groups excluding carboxylic acids is 1. The van der Waals surface area contributed by atoms with Crippen molar-refractivity contribution in [1.82, 2.24) is 5.32 Å². The van der Waals surface area contributed by atoms with Gasteiger partial charge in [0.25, 0.3) is 0 Å². The van der Waals surface area contributed by atoms with Crippen LogP contribution in [0.5, 0.6) is 0 Å². The lowest BCUT2D eigenvalue weighted by molar-refractivity contribution is -0.120. The molecule has 0 aliphatic heterocycles. The van der Waals surface area contributed by atoms with E-state index in [2.05, 4.69) is 10.6 Å². The van der Waals surface area contributed by atoms with Crippen molar-refractivity contribution in [2.24, 2.45) is 0 Å². The predicted molar refractivity (Wildman–Crippen MR) is 75.1 cm³/mol. The molecule has 19 heavy (non-hydrogen) atoms. The van der Waals surface area contributed by atoms with E-state index in [0.717, 1.165) is 18.5 Å². The number of carbonyl (C=O) groups is 1. The number of amides is 1. The molecule has 1 aromatic carbocycles. The number of anilines is 1. The van der Waals surface area contributed by atoms with E-state index in [1.807, 2.05) is 6.07 Å². The minimum Gasteiger partial charge on any atom is -0.376 e. The van der Waals surface area contributed by atoms with E-state index in [1.54, 1.807) is 18.2 Å². The summed E-state index contributed by atoms with van der Waals surface area (Å²) in [6.45, 7) is 0.221. The van der Waals surface area contributed by atoms with Gasteiger partial charge < -0.3 is 10.6 Å². The van der Waals surface area contributed by atoms with Crippen LogP contribution in [-0.2, 0) is 4.79 Å². The summed E-state index contributed by atoms with van der Waals surface area (Å²) in [7, 11) is 0. The lowest BCUT2D eigenvalue weighted by Gasteiger charge is -2.13. The molecular formula is C14H16ClN3O. The standard InChI is InChI=1S/C14H16ClN3O/c15-13-7-12(6-5-10(13)8-16)17-9-14(19)18-11-3-1-2-4-11/h5-7,11,17H,1-4,9H2,(H,18,19). The van der Waals surface area contributed by atoms with Crippen LogP contribution in [0, 0.1) is 11.3 Å². The maximum atomic E-state index is 11.7. The van der Waals surface area contributed by atoms with Crippen molar-refractivity contribution in [3.63, 3.8) is 0 Å². The van der Waals surface area contributed by atoms with Crippen molar-refractivity contribution >= 4 is 23.2 Å². The smallest absolute Gasteiger partial charge is 0.239 e. The number of nitriles is 1. The topological polar surface area (TPSA) is 64.9 Å². The van der Waals surface area contributed by atoms with Gasteiger partial charge in [-0.3, -0.25) is 4.79 Å². The zero-order valence-corrected chi connectivity index (χ0v) is 11.3. The minimum atomic E-state index is -0.00705. The molecule has 4 nitrogen and oxygen atoms in total. The van der Waals surface area contributed by atoms with Crippen molar-refractivity contribution in [3.8, 4) is 6.07 Å². The molecule has 1 fully saturated rings. The second-order valence-electron chi connectivity index (χ2n) is 4.71. The number of rotatable bonds is 4. The van der Waals surface area contributed by atoms with Crippen LogP contribution in [0.4, 0.5) is 5.69 Å². The van der Waals surface area contributed by atoms with Crippen molar-refractivity contribution in [3.05, 3.63) is 28.8 Å². The molecule has 5 heteroatoms. The Labute approximate surface area is 117 Å². The fraction of sp³-hybridized carbons (Fsp3) is 0.429. The number of nitrogens with zero attached hydrogens (tertiary/aromatic N) is 1. The zero-order chi connectivity index (χ0) is 13.7. The van der Waals surface area contributed by atoms with Gasteiger partial charge in [0.2, 0.25) is 5.91 Å². The van der Waals surface area contributed by atoms with Crippen LogP contribution in [0.1, 0.15) is 31.2 Å². The van der Waals surface area contributed by atoms with Crippen LogP contribution >= 0.6 is 11.6 Å². The number of benzene rings is 1. The molecule has 100 valence electrons. The molecule has 0 spiro atoms. The Hall–Kier alpha value is -1.73. The Morgan fingerprint density at radius 3 is 2.79 bits per heavy atom. The van der Waals surface area contributed by atoms with E-state index in [4.69, 9.17) is 16.9 Å². The van der Waals surface area contributed by atoms with Crippen LogP contribution in [-0.4, -0.2) is 18.5 Å². The molecule has 0 aromatic heterocycles. The molecule has 2 N–H and O–H groups in total. The third-order valence-corrected chi connectivity index (χ3v) is 3.58. The average molecular weight is 278 g/mol. The normalized spacial score (nSPS) is 14.9. The number of hydrogen-bond donors (Lipinski definition) is 2. The maximum Gasteiger partial charge on any atom is 0.239 e. The summed E-state index contributed by atoms with van der Waals surface area (Å²) >= 11 is 5.92. The van der Waals surface area contributed by atoms with Gasteiger partial charge in [-0.2, -0.15) is 5.26 Å². The highest BCUT2D eigenvalue weighted by atomic mass is 35.5. The van der Waals surface area contributed by atoms with Gasteiger partial charge >= 0.3 is 0 Å². The lowest BCUT2D eigenvalue weighted by atomic mass is 10.2. The molecule has 0 bridgehead atoms. The summed E-state index contributed by atoms with van der Waals surface area (Å²) in [5.74, 6) is -0.00705. The molecule has 1 aromatic rings. The summed E-state index contributed by atoms with van der Waals surface area (Å²) in [5, 5.41) is 15.2. The van der Waals surface area contributed by atoms with E-state index in [9.17, 15) is 4.79 Å². The SMILES string of the molecule is N#Cc1ccc(NCC(=O)NC2CCCC2)cc1Cl. The van der Waals surface area contributed by atoms with Gasteiger partial charge in [-0.25, -0.2) is 0 Å². The zero-order valence-electron chi connectivity index (χ0n) is 10.6. The molecule has 0 unspecified atom stereocenters. The van der Waals surface area contributed by atoms with Crippen molar-refractivity contribution < 1.29 is 4.79 Å². The molecule has 1 aliphatic carbocycles. The van der Waals surface area contributed by atoms with Crippen LogP contribution in [0.3, 0.4) is 0 Å². The van der Waals surface area contributed by atoms with E-state index in [0.29, 0.717) is 16.6 Å². The third kappa shape index (κ3) is 3.87. The third-order valence-electron chi connectivity index (χ3n) is 3.26. The Morgan fingerprint density at radius 2 is 2.16 bits per heavy atom. The summed E-state index contributed by atoms with van der Waals surface area (Å²) in [6, 6.07) is 7.37. The van der Waals surface area contributed by atoms with Crippen LogP contribution in [0.2, 0.25) is 5.02 Å². The van der Waals surface area contributed by atoms with Gasteiger partial charge in [-0.05, 0) is 31.0 Å². The number of hydrogen-bond acceptors (Lipinski definition) is 3. The molecular weight excluding hydrogens is 262 g/mol. The van der Waals surface area contributed by atoms with E-state index in [-0.39, 0.29) is 12.5 Å². The molecule has 0 heterocycles. The summed E-state index contributed by atoms with van der Waals surface area (Å²) in [4.78, 5) is 11.7. The van der Waals surface area contributed by atoms with Crippen LogP contribution in [0.15, 0.2) is 18.2 Å². The van der Waals surface area contributed by atoms with Gasteiger partial charge in [0.05, 0.1) is 17.1 Å². The Balaban J connectivity index is 1.83. The Kier molecular flexibility index (Phi) is 4.64. The largest absolute Gasteiger partial charge is 0.376 e. The summed E-state index contributed by atoms with van der Waals surface area (Å²) in [5.41, 5.74) is 1.17. The van der Waals surface area contributed by atoms with Gasteiger partial charge in [-0.15, -0.1) is 0 Å². The number of nitrogens with one attached hydrogen (secondary N) is 2. The fourth-order valence-corrected chi connectivity index (χ4v) is 2.47. The first-order chi connectivity index (χ1) is 9.19. The Morgan fingerprint density at radius 1 is 1.42 bits per heavy atom. The van der Waals surface area contributed by atoms with Gasteiger partial charge in [0, 0.05) is 11.7 Å². The fourth-order valence-electron chi connectivity index (χ4n) is 2.25. The van der Waals surface area contributed by atoms with Crippen molar-refractivity contribution in [1.29, 1.82) is 5.26 Å². The second-order valence-corrected chi connectivity index (χ2v) is 5.12. The average Bonchev–Trinajstić information content (AvgIpc) is 2.89. The monoisotopic (exact) mass is 277 g/mol. The molecule has 1 saturated carbocycles. The first-order valence-electron chi connectivity index (χ1n) is 6.42. The molecule has 2 rings (SSSR count). The van der Waals surface area contributed by atoms with E-state index >= 15 is 0 Å².